The maximum atomic E-state index is 4.88. The molecule has 18 heavy (non-hydrogen) atoms. The number of rotatable bonds is 3. The van der Waals surface area contributed by atoms with Crippen molar-refractivity contribution in [3.63, 3.8) is 0 Å². The van der Waals surface area contributed by atoms with Crippen LogP contribution in [0.25, 0.3) is 11.0 Å². The summed E-state index contributed by atoms with van der Waals surface area (Å²) in [6.45, 7) is 0. The van der Waals surface area contributed by atoms with Gasteiger partial charge in [0.25, 0.3) is 0 Å². The molecule has 2 aromatic heterocycles. The summed E-state index contributed by atoms with van der Waals surface area (Å²) in [4.78, 5) is 4.30. The lowest BCUT2D eigenvalue weighted by molar-refractivity contribution is 0.398. The van der Waals surface area contributed by atoms with Crippen molar-refractivity contribution in [3.8, 4) is 0 Å². The minimum atomic E-state index is 0.245. The van der Waals surface area contributed by atoms with Gasteiger partial charge in [0.2, 0.25) is 0 Å². The predicted octanol–water partition coefficient (Wildman–Crippen LogP) is 1.80. The first-order valence-corrected chi connectivity index (χ1v) is 5.96. The van der Waals surface area contributed by atoms with Gasteiger partial charge >= 0.3 is 4.84 Å². The summed E-state index contributed by atoms with van der Waals surface area (Å²) in [7, 11) is 1.88. The van der Waals surface area contributed by atoms with Gasteiger partial charge < -0.3 is 4.52 Å². The van der Waals surface area contributed by atoms with Crippen LogP contribution in [0.1, 0.15) is 11.4 Å². The first kappa shape index (κ1) is 11.1. The molecule has 1 aromatic carbocycles. The lowest BCUT2D eigenvalue weighted by Crippen LogP contribution is -1.94. The minimum Gasteiger partial charge on any atom is -0.348 e. The molecule has 0 saturated heterocycles. The minimum absolute atomic E-state index is 0.245. The normalized spacial score (nSPS) is 11.2. The van der Waals surface area contributed by atoms with E-state index in [9.17, 15) is 0 Å². The fourth-order valence-electron chi connectivity index (χ4n) is 1.87. The number of aromatic nitrogens is 5. The van der Waals surface area contributed by atoms with Gasteiger partial charge in [-0.15, -0.1) is 5.10 Å². The van der Waals surface area contributed by atoms with Crippen LogP contribution >= 0.6 is 12.2 Å². The number of aromatic amines is 1. The van der Waals surface area contributed by atoms with Gasteiger partial charge in [0.1, 0.15) is 11.3 Å². The molecule has 7 heteroatoms. The van der Waals surface area contributed by atoms with Crippen molar-refractivity contribution in [2.45, 2.75) is 12.8 Å². The quantitative estimate of drug-likeness (QED) is 0.728. The molecule has 0 aliphatic carbocycles. The standard InChI is InChI=1S/C11H11N5OS/c1-16-9-4-2-7(6-8(9)13-15-16)3-5-10-12-11(18)17-14-10/h2,4,6H,3,5H2,1H3,(H,12,14,18). The highest BCUT2D eigenvalue weighted by Gasteiger charge is 2.04. The molecule has 0 unspecified atom stereocenters. The zero-order valence-electron chi connectivity index (χ0n) is 9.75. The van der Waals surface area contributed by atoms with Crippen LogP contribution in [0.15, 0.2) is 22.7 Å². The second kappa shape index (κ2) is 4.34. The van der Waals surface area contributed by atoms with Crippen LogP contribution in [0.5, 0.6) is 0 Å². The number of hydrogen-bond donors (Lipinski definition) is 1. The third-order valence-corrected chi connectivity index (χ3v) is 2.98. The van der Waals surface area contributed by atoms with Crippen LogP contribution < -0.4 is 0 Å². The number of hydrogen-bond acceptors (Lipinski definition) is 5. The van der Waals surface area contributed by atoms with Gasteiger partial charge in [-0.25, -0.2) is 9.84 Å². The van der Waals surface area contributed by atoms with Crippen LogP contribution in [0, 0.1) is 4.84 Å². The molecule has 0 radical (unpaired) electrons. The molecule has 0 spiro atoms. The van der Waals surface area contributed by atoms with Crippen LogP contribution in [0.4, 0.5) is 0 Å². The van der Waals surface area contributed by atoms with E-state index in [1.54, 1.807) is 4.68 Å². The van der Waals surface area contributed by atoms with Crippen LogP contribution in [0.3, 0.4) is 0 Å². The first-order chi connectivity index (χ1) is 8.72. The SMILES string of the molecule is Cn1nnc2cc(CCc3nc(=S)o[nH]3)ccc21. The lowest BCUT2D eigenvalue weighted by atomic mass is 10.1. The molecule has 0 fully saturated rings. The Morgan fingerprint density at radius 2 is 2.28 bits per heavy atom. The molecule has 1 N–H and O–H groups in total. The summed E-state index contributed by atoms with van der Waals surface area (Å²) >= 11 is 4.80. The van der Waals surface area contributed by atoms with Gasteiger partial charge in [-0.3, -0.25) is 0 Å². The molecular formula is C11H11N5OS. The van der Waals surface area contributed by atoms with E-state index in [0.717, 1.165) is 29.7 Å². The van der Waals surface area contributed by atoms with Crippen molar-refractivity contribution in [1.82, 2.24) is 25.1 Å². The second-order valence-corrected chi connectivity index (χ2v) is 4.41. The molecule has 3 rings (SSSR count). The van der Waals surface area contributed by atoms with Crippen molar-refractivity contribution in [1.29, 1.82) is 0 Å². The number of benzene rings is 1. The summed E-state index contributed by atoms with van der Waals surface area (Å²) in [5.74, 6) is 0.763. The van der Waals surface area contributed by atoms with Crippen molar-refractivity contribution >= 4 is 23.3 Å². The van der Waals surface area contributed by atoms with Gasteiger partial charge in [-0.2, -0.15) is 4.98 Å². The Labute approximate surface area is 108 Å². The van der Waals surface area contributed by atoms with Crippen molar-refractivity contribution in [2.24, 2.45) is 7.05 Å². The highest BCUT2D eigenvalue weighted by molar-refractivity contribution is 7.71. The molecule has 2 heterocycles. The number of nitrogens with zero attached hydrogens (tertiary/aromatic N) is 4. The van der Waals surface area contributed by atoms with Crippen LogP contribution in [-0.4, -0.2) is 25.1 Å². The first-order valence-electron chi connectivity index (χ1n) is 5.55. The molecular weight excluding hydrogens is 250 g/mol. The number of H-pyrrole nitrogens is 1. The Balaban J connectivity index is 1.80. The summed E-state index contributed by atoms with van der Waals surface area (Å²) in [6, 6.07) is 6.13. The van der Waals surface area contributed by atoms with E-state index in [-0.39, 0.29) is 4.84 Å². The monoisotopic (exact) mass is 261 g/mol. The summed E-state index contributed by atoms with van der Waals surface area (Å²) in [5.41, 5.74) is 3.12. The lowest BCUT2D eigenvalue weighted by Gasteiger charge is -1.99. The Hall–Kier alpha value is -2.02. The van der Waals surface area contributed by atoms with E-state index in [1.165, 1.54) is 5.56 Å². The van der Waals surface area contributed by atoms with Crippen LogP contribution in [-0.2, 0) is 19.9 Å². The maximum absolute atomic E-state index is 4.88. The zero-order chi connectivity index (χ0) is 12.5. The fraction of sp³-hybridized carbons (Fsp3) is 0.273. The maximum Gasteiger partial charge on any atom is 0.314 e. The number of aryl methyl sites for hydroxylation is 3. The van der Waals surface area contributed by atoms with Gasteiger partial charge in [0, 0.05) is 13.5 Å². The predicted molar refractivity (Wildman–Crippen MR) is 67.6 cm³/mol. The molecule has 0 atom stereocenters. The third-order valence-electron chi connectivity index (χ3n) is 2.81. The Morgan fingerprint density at radius 1 is 1.39 bits per heavy atom. The molecule has 0 amide bonds. The molecule has 3 aromatic rings. The van der Waals surface area contributed by atoms with Crippen molar-refractivity contribution in [2.75, 3.05) is 0 Å². The van der Waals surface area contributed by atoms with Gasteiger partial charge in [-0.05, 0) is 36.3 Å². The Kier molecular flexibility index (Phi) is 2.67. The van der Waals surface area contributed by atoms with Crippen molar-refractivity contribution < 1.29 is 4.52 Å². The number of nitrogens with one attached hydrogen (secondary N) is 1. The van der Waals surface area contributed by atoms with Gasteiger partial charge in [0.15, 0.2) is 0 Å². The molecule has 0 aliphatic heterocycles. The Bertz CT molecular complexity index is 741. The molecule has 0 bridgehead atoms. The van der Waals surface area contributed by atoms with E-state index >= 15 is 0 Å². The van der Waals surface area contributed by atoms with E-state index < -0.39 is 0 Å². The zero-order valence-corrected chi connectivity index (χ0v) is 10.6. The highest BCUT2D eigenvalue weighted by Crippen LogP contribution is 2.13. The van der Waals surface area contributed by atoms with Crippen LogP contribution in [0.2, 0.25) is 0 Å². The largest absolute Gasteiger partial charge is 0.348 e. The van der Waals surface area contributed by atoms with Gasteiger partial charge in [0.05, 0.1) is 5.52 Å². The molecule has 92 valence electrons. The highest BCUT2D eigenvalue weighted by atomic mass is 32.1. The van der Waals surface area contributed by atoms with E-state index in [1.807, 2.05) is 19.2 Å². The molecule has 0 saturated carbocycles. The third kappa shape index (κ3) is 2.04. The second-order valence-electron chi connectivity index (χ2n) is 4.06. The summed E-state index contributed by atoms with van der Waals surface area (Å²) < 4.78 is 6.64. The van der Waals surface area contributed by atoms with E-state index in [2.05, 4.69) is 26.5 Å². The molecule has 0 aliphatic rings. The Morgan fingerprint density at radius 3 is 3.06 bits per heavy atom. The van der Waals surface area contributed by atoms with E-state index in [4.69, 9.17) is 16.7 Å². The smallest absolute Gasteiger partial charge is 0.314 e. The average Bonchev–Trinajstić information content (AvgIpc) is 2.94. The van der Waals surface area contributed by atoms with Gasteiger partial charge in [-0.1, -0.05) is 11.3 Å². The van der Waals surface area contributed by atoms with E-state index in [0.29, 0.717) is 0 Å². The molecule has 6 nitrogen and oxygen atoms in total. The number of fused-ring (bicyclic) bond motifs is 1. The fourth-order valence-corrected chi connectivity index (χ4v) is 2.02. The average molecular weight is 261 g/mol. The summed E-state index contributed by atoms with van der Waals surface area (Å²) in [5, 5.41) is 10.8. The topological polar surface area (TPSA) is 72.5 Å². The van der Waals surface area contributed by atoms with Crippen molar-refractivity contribution in [3.05, 3.63) is 34.4 Å². The summed E-state index contributed by atoms with van der Waals surface area (Å²) in [6.07, 6.45) is 1.61.